The molecule has 2 nitrogen and oxygen atoms in total. The van der Waals surface area contributed by atoms with E-state index in [9.17, 15) is 9.59 Å². The van der Waals surface area contributed by atoms with Gasteiger partial charge in [0.05, 0.1) is 0 Å². The summed E-state index contributed by atoms with van der Waals surface area (Å²) >= 11 is 4.99. The van der Waals surface area contributed by atoms with Crippen molar-refractivity contribution in [2.75, 3.05) is 0 Å². The van der Waals surface area contributed by atoms with Crippen LogP contribution in [0.4, 0.5) is 0 Å². The fourth-order valence-corrected chi connectivity index (χ4v) is 2.82. The van der Waals surface area contributed by atoms with E-state index in [-0.39, 0.29) is 10.5 Å². The molecule has 3 rings (SSSR count). The van der Waals surface area contributed by atoms with Crippen molar-refractivity contribution in [2.45, 2.75) is 6.92 Å². The van der Waals surface area contributed by atoms with Crippen molar-refractivity contribution < 1.29 is 4.79 Å². The van der Waals surface area contributed by atoms with E-state index in [1.165, 1.54) is 6.92 Å². The van der Waals surface area contributed by atoms with Crippen LogP contribution in [0.3, 0.4) is 0 Å². The fraction of sp³-hybridized carbons (Fsp3) is 0.0667. The summed E-state index contributed by atoms with van der Waals surface area (Å²) in [4.78, 5) is 21.4. The lowest BCUT2D eigenvalue weighted by Crippen LogP contribution is -1.99. The Kier molecular flexibility index (Phi) is 4.35. The Morgan fingerprint density at radius 2 is 1.32 bits per heavy atom. The van der Waals surface area contributed by atoms with Crippen LogP contribution in [0, 0.1) is 0 Å². The van der Waals surface area contributed by atoms with E-state index in [1.54, 1.807) is 11.3 Å². The molecule has 0 spiro atoms. The van der Waals surface area contributed by atoms with Gasteiger partial charge in [-0.25, -0.2) is 0 Å². The molecule has 19 heavy (non-hydrogen) atoms. The van der Waals surface area contributed by atoms with Crippen molar-refractivity contribution in [1.29, 1.82) is 0 Å². The lowest BCUT2D eigenvalue weighted by Gasteiger charge is -1.99. The number of carbonyl (C=O) groups is 1. The zero-order chi connectivity index (χ0) is 13.8. The molecule has 1 heterocycles. The molecule has 0 N–H and O–H groups in total. The quantitative estimate of drug-likeness (QED) is 0.503. The van der Waals surface area contributed by atoms with Gasteiger partial charge in [-0.05, 0) is 24.3 Å². The van der Waals surface area contributed by atoms with Crippen molar-refractivity contribution >= 4 is 49.3 Å². The first-order valence-corrected chi connectivity index (χ1v) is 6.96. The van der Waals surface area contributed by atoms with Crippen LogP contribution in [-0.2, 0) is 4.79 Å². The van der Waals surface area contributed by atoms with E-state index >= 15 is 0 Å². The number of hydrogen-bond donors (Lipinski definition) is 1. The first kappa shape index (κ1) is 13.8. The molecular formula is C15H12O2S2. The molecule has 0 amide bonds. The van der Waals surface area contributed by atoms with Gasteiger partial charge in [0.1, 0.15) is 0 Å². The Bertz CT molecular complexity index is 730. The van der Waals surface area contributed by atoms with Gasteiger partial charge >= 0.3 is 0 Å². The predicted molar refractivity (Wildman–Crippen MR) is 85.3 cm³/mol. The third kappa shape index (κ3) is 3.22. The lowest BCUT2D eigenvalue weighted by atomic mass is 10.2. The highest BCUT2D eigenvalue weighted by Gasteiger charge is 2.03. The van der Waals surface area contributed by atoms with Crippen molar-refractivity contribution in [3.63, 3.8) is 0 Å². The minimum atomic E-state index is -0.139. The molecule has 0 fully saturated rings. The zero-order valence-corrected chi connectivity index (χ0v) is 12.0. The van der Waals surface area contributed by atoms with Gasteiger partial charge in [-0.3, -0.25) is 9.59 Å². The van der Waals surface area contributed by atoms with E-state index in [4.69, 9.17) is 0 Å². The maximum Gasteiger partial charge on any atom is 0.195 e. The van der Waals surface area contributed by atoms with Crippen molar-refractivity contribution in [1.82, 2.24) is 0 Å². The average molecular weight is 288 g/mol. The molecule has 0 saturated carbocycles. The van der Waals surface area contributed by atoms with Gasteiger partial charge in [0.25, 0.3) is 0 Å². The minimum absolute atomic E-state index is 0.139. The standard InChI is InChI=1S/C13H8OS.C2H4OS/c14-13-9-5-1-3-7-11(9)15-12-8-4-2-6-10(12)13;1-2(3)4/h1-8H;1H3,(H,3,4). The van der Waals surface area contributed by atoms with Gasteiger partial charge in [-0.1, -0.05) is 24.3 Å². The van der Waals surface area contributed by atoms with Crippen LogP contribution < -0.4 is 5.43 Å². The Balaban J connectivity index is 0.000000297. The molecule has 96 valence electrons. The molecule has 0 aliphatic carbocycles. The van der Waals surface area contributed by atoms with Crippen molar-refractivity contribution in [2.24, 2.45) is 0 Å². The first-order valence-electron chi connectivity index (χ1n) is 5.69. The largest absolute Gasteiger partial charge is 0.289 e. The number of fused-ring (bicyclic) bond motifs is 2. The molecule has 3 aromatic rings. The molecule has 1 aromatic heterocycles. The monoisotopic (exact) mass is 288 g/mol. The molecule has 0 saturated heterocycles. The van der Waals surface area contributed by atoms with Gasteiger partial charge in [0.15, 0.2) is 10.5 Å². The van der Waals surface area contributed by atoms with Crippen LogP contribution in [0.25, 0.3) is 20.2 Å². The third-order valence-electron chi connectivity index (χ3n) is 2.48. The fourth-order valence-electron chi connectivity index (χ4n) is 1.75. The van der Waals surface area contributed by atoms with Gasteiger partial charge < -0.3 is 0 Å². The second kappa shape index (κ2) is 5.99. The highest BCUT2D eigenvalue weighted by atomic mass is 32.1. The summed E-state index contributed by atoms with van der Waals surface area (Å²) in [6, 6.07) is 15.5. The topological polar surface area (TPSA) is 34.1 Å². The SMILES string of the molecule is CC(=O)S.O=c1c2ccccc2sc2ccccc12. The number of benzene rings is 2. The van der Waals surface area contributed by atoms with E-state index in [1.807, 2.05) is 48.5 Å². The third-order valence-corrected chi connectivity index (χ3v) is 3.64. The normalized spacial score (nSPS) is 10.0. The summed E-state index contributed by atoms with van der Waals surface area (Å²) in [5, 5.41) is 1.50. The van der Waals surface area contributed by atoms with E-state index < -0.39 is 0 Å². The second-order valence-electron chi connectivity index (χ2n) is 3.94. The average Bonchev–Trinajstić information content (AvgIpc) is 2.38. The number of carbonyl (C=O) groups excluding carboxylic acids is 1. The summed E-state index contributed by atoms with van der Waals surface area (Å²) in [5.41, 5.74) is 0.139. The van der Waals surface area contributed by atoms with Crippen LogP contribution in [0.2, 0.25) is 0 Å². The summed E-state index contributed by atoms with van der Waals surface area (Å²) in [7, 11) is 0. The van der Waals surface area contributed by atoms with Gasteiger partial charge in [0.2, 0.25) is 0 Å². The van der Waals surface area contributed by atoms with Gasteiger partial charge in [-0.15, -0.1) is 24.0 Å². The molecular weight excluding hydrogens is 276 g/mol. The maximum absolute atomic E-state index is 12.1. The molecule has 0 bridgehead atoms. The zero-order valence-electron chi connectivity index (χ0n) is 10.3. The molecule has 0 atom stereocenters. The Morgan fingerprint density at radius 3 is 1.74 bits per heavy atom. The van der Waals surface area contributed by atoms with Gasteiger partial charge in [-0.2, -0.15) is 0 Å². The first-order chi connectivity index (χ1) is 9.09. The molecule has 0 unspecified atom stereocenters. The van der Waals surface area contributed by atoms with Crippen LogP contribution >= 0.6 is 24.0 Å². The predicted octanol–water partition coefficient (Wildman–Crippen LogP) is 3.88. The molecule has 4 heteroatoms. The summed E-state index contributed by atoms with van der Waals surface area (Å²) < 4.78 is 2.11. The summed E-state index contributed by atoms with van der Waals surface area (Å²) in [6.07, 6.45) is 0. The highest BCUT2D eigenvalue weighted by molar-refractivity contribution is 7.96. The van der Waals surface area contributed by atoms with Crippen molar-refractivity contribution in [3.8, 4) is 0 Å². The molecule has 0 aliphatic rings. The van der Waals surface area contributed by atoms with Crippen molar-refractivity contribution in [3.05, 3.63) is 58.8 Å². The molecule has 0 radical (unpaired) electrons. The van der Waals surface area contributed by atoms with E-state index in [0.717, 1.165) is 20.2 Å². The number of rotatable bonds is 0. The Morgan fingerprint density at radius 1 is 0.947 bits per heavy atom. The smallest absolute Gasteiger partial charge is 0.195 e. The minimum Gasteiger partial charge on any atom is -0.289 e. The summed E-state index contributed by atoms with van der Waals surface area (Å²) in [5.74, 6) is 0. The van der Waals surface area contributed by atoms with Gasteiger partial charge in [0, 0.05) is 27.1 Å². The molecule has 0 aliphatic heterocycles. The van der Waals surface area contributed by atoms with Crippen LogP contribution in [0.1, 0.15) is 6.92 Å². The van der Waals surface area contributed by atoms with Crippen LogP contribution in [0.5, 0.6) is 0 Å². The van der Waals surface area contributed by atoms with Crippen LogP contribution in [-0.4, -0.2) is 5.12 Å². The maximum atomic E-state index is 12.1. The Hall–Kier alpha value is -1.65. The van der Waals surface area contributed by atoms with E-state index in [2.05, 4.69) is 12.6 Å². The summed E-state index contributed by atoms with van der Waals surface area (Å²) in [6.45, 7) is 1.39. The molecule has 2 aromatic carbocycles. The highest BCUT2D eigenvalue weighted by Crippen LogP contribution is 2.23. The number of thiol groups is 1. The van der Waals surface area contributed by atoms with Crippen LogP contribution in [0.15, 0.2) is 53.3 Å². The second-order valence-corrected chi connectivity index (χ2v) is 5.66. The van der Waals surface area contributed by atoms with E-state index in [0.29, 0.717) is 0 Å². The number of hydrogen-bond acceptors (Lipinski definition) is 3. The Labute approximate surface area is 120 Å². The lowest BCUT2D eigenvalue weighted by molar-refractivity contribution is -0.108.